The van der Waals surface area contributed by atoms with Crippen molar-refractivity contribution in [3.8, 4) is 6.07 Å². The van der Waals surface area contributed by atoms with Gasteiger partial charge in [0, 0.05) is 33.2 Å². The average molecular weight is 442 g/mol. The number of aliphatic carboxylic acids is 1. The topological polar surface area (TPSA) is 112 Å². The van der Waals surface area contributed by atoms with Crippen molar-refractivity contribution in [1.29, 1.82) is 5.26 Å². The first kappa shape index (κ1) is 22.7. The van der Waals surface area contributed by atoms with Crippen LogP contribution in [0.4, 0.5) is 0 Å². The van der Waals surface area contributed by atoms with Crippen molar-refractivity contribution in [2.24, 2.45) is 0 Å². The number of hydrogen-bond acceptors (Lipinski definition) is 6. The quantitative estimate of drug-likeness (QED) is 0.696. The predicted molar refractivity (Wildman–Crippen MR) is 116 cm³/mol. The largest absolute Gasteiger partial charge is 0.480 e. The molecule has 1 aromatic carbocycles. The first-order valence-electron chi connectivity index (χ1n) is 11.2. The van der Waals surface area contributed by atoms with Crippen LogP contribution in [0.15, 0.2) is 6.07 Å². The van der Waals surface area contributed by atoms with Gasteiger partial charge in [0.1, 0.15) is 6.04 Å². The van der Waals surface area contributed by atoms with E-state index in [0.717, 1.165) is 29.5 Å². The van der Waals surface area contributed by atoms with E-state index in [2.05, 4.69) is 17.5 Å². The summed E-state index contributed by atoms with van der Waals surface area (Å²) in [5.41, 5.74) is 4.34. The number of hydrogen-bond donors (Lipinski definition) is 2. The molecule has 1 saturated heterocycles. The molecular formula is C24H31N3O5. The number of methoxy groups -OCH3 is 1. The highest BCUT2D eigenvalue weighted by atomic mass is 16.5. The van der Waals surface area contributed by atoms with Crippen LogP contribution in [0.3, 0.4) is 0 Å². The lowest BCUT2D eigenvalue weighted by Crippen LogP contribution is -2.55. The summed E-state index contributed by atoms with van der Waals surface area (Å²) in [6.07, 6.45) is 2.38. The second-order valence-electron chi connectivity index (χ2n) is 9.61. The van der Waals surface area contributed by atoms with Crippen LogP contribution in [-0.4, -0.2) is 60.3 Å². The summed E-state index contributed by atoms with van der Waals surface area (Å²) >= 11 is 0. The number of carbonyl (C=O) groups excluding carboxylic acids is 1. The fraction of sp³-hybridized carbons (Fsp3) is 0.625. The summed E-state index contributed by atoms with van der Waals surface area (Å²) in [6.45, 7) is 5.56. The molecule has 8 heteroatoms. The number of rotatable bonds is 6. The minimum absolute atomic E-state index is 0.0697. The molecule has 3 aliphatic rings. The van der Waals surface area contributed by atoms with Gasteiger partial charge >= 0.3 is 5.97 Å². The van der Waals surface area contributed by atoms with Gasteiger partial charge in [0.05, 0.1) is 36.4 Å². The zero-order valence-corrected chi connectivity index (χ0v) is 18.9. The van der Waals surface area contributed by atoms with E-state index >= 15 is 0 Å². The van der Waals surface area contributed by atoms with E-state index in [4.69, 9.17) is 9.47 Å². The molecule has 0 radical (unpaired) electrons. The summed E-state index contributed by atoms with van der Waals surface area (Å²) in [5, 5.41) is 22.3. The molecule has 1 aromatic rings. The number of ether oxygens (including phenoxy) is 2. The third-order valence-corrected chi connectivity index (χ3v) is 6.77. The van der Waals surface area contributed by atoms with Gasteiger partial charge in [-0.3, -0.25) is 9.59 Å². The summed E-state index contributed by atoms with van der Waals surface area (Å²) in [5.74, 6) is -0.660. The summed E-state index contributed by atoms with van der Waals surface area (Å²) in [7, 11) is 1.56. The molecule has 32 heavy (non-hydrogen) atoms. The highest BCUT2D eigenvalue weighted by Gasteiger charge is 2.37. The van der Waals surface area contributed by atoms with Crippen molar-refractivity contribution in [3.63, 3.8) is 0 Å². The Hall–Kier alpha value is -2.47. The fourth-order valence-electron chi connectivity index (χ4n) is 4.83. The Kier molecular flexibility index (Phi) is 6.26. The molecule has 1 aliphatic carbocycles. The maximum Gasteiger partial charge on any atom is 0.322 e. The molecule has 1 amide bonds. The lowest BCUT2D eigenvalue weighted by molar-refractivity contribution is -0.143. The number of benzene rings is 1. The van der Waals surface area contributed by atoms with Crippen molar-refractivity contribution in [2.75, 3.05) is 26.7 Å². The first-order valence-corrected chi connectivity index (χ1v) is 11.2. The normalized spacial score (nSPS) is 23.2. The average Bonchev–Trinajstić information content (AvgIpc) is 3.61. The summed E-state index contributed by atoms with van der Waals surface area (Å²) in [6, 6.07) is 3.67. The number of nitrogens with one attached hydrogen (secondary N) is 1. The number of carbonyl (C=O) groups is 2. The van der Waals surface area contributed by atoms with E-state index in [9.17, 15) is 20.0 Å². The Morgan fingerprint density at radius 2 is 2.16 bits per heavy atom. The van der Waals surface area contributed by atoms with Gasteiger partial charge in [0.25, 0.3) is 0 Å². The number of fused-ring (bicyclic) bond motifs is 1. The van der Waals surface area contributed by atoms with Gasteiger partial charge in [-0.25, -0.2) is 0 Å². The molecule has 2 aliphatic heterocycles. The monoisotopic (exact) mass is 441 g/mol. The third-order valence-electron chi connectivity index (χ3n) is 6.77. The van der Waals surface area contributed by atoms with Gasteiger partial charge in [-0.1, -0.05) is 6.07 Å². The highest BCUT2D eigenvalue weighted by molar-refractivity contribution is 5.80. The summed E-state index contributed by atoms with van der Waals surface area (Å²) in [4.78, 5) is 26.0. The molecule has 2 heterocycles. The standard InChI is InChI=1S/C24H31N3O5/c1-24(2)10-17-18(11-25)16(8-15(14-4-5-14)19(17)13-32-24)21(31-3)9-22(28)27-7-6-26-20(12-27)23(29)30/h8,14,20-21,26H,4-7,9-10,12-13H2,1-3H3,(H,29,30). The van der Waals surface area contributed by atoms with E-state index in [1.165, 1.54) is 5.56 Å². The molecule has 2 fully saturated rings. The van der Waals surface area contributed by atoms with Crippen LogP contribution in [0.2, 0.25) is 0 Å². The van der Waals surface area contributed by atoms with E-state index in [-0.39, 0.29) is 24.5 Å². The maximum atomic E-state index is 13.1. The minimum atomic E-state index is -0.967. The van der Waals surface area contributed by atoms with Crippen LogP contribution >= 0.6 is 0 Å². The Labute approximate surface area is 188 Å². The van der Waals surface area contributed by atoms with Gasteiger partial charge < -0.3 is 24.8 Å². The predicted octanol–water partition coefficient (Wildman–Crippen LogP) is 2.25. The van der Waals surface area contributed by atoms with Crippen molar-refractivity contribution in [2.45, 2.75) is 69.8 Å². The lowest BCUT2D eigenvalue weighted by Gasteiger charge is -2.35. The second-order valence-corrected chi connectivity index (χ2v) is 9.61. The zero-order chi connectivity index (χ0) is 23.0. The van der Waals surface area contributed by atoms with Crippen LogP contribution in [0.1, 0.15) is 72.9 Å². The fourth-order valence-corrected chi connectivity index (χ4v) is 4.83. The van der Waals surface area contributed by atoms with Crippen molar-refractivity contribution in [1.82, 2.24) is 10.2 Å². The Morgan fingerprint density at radius 3 is 2.78 bits per heavy atom. The number of piperazine rings is 1. The SMILES string of the molecule is COC(CC(=O)N1CCNC(C(=O)O)C1)c1cc(C2CC2)c2c(c1C#N)CC(C)(C)OC2. The first-order chi connectivity index (χ1) is 15.2. The third kappa shape index (κ3) is 4.51. The highest BCUT2D eigenvalue weighted by Crippen LogP contribution is 2.47. The van der Waals surface area contributed by atoms with E-state index in [1.54, 1.807) is 12.0 Å². The number of amides is 1. The van der Waals surface area contributed by atoms with Crippen LogP contribution < -0.4 is 5.32 Å². The molecule has 172 valence electrons. The van der Waals surface area contributed by atoms with Gasteiger partial charge in [-0.15, -0.1) is 0 Å². The van der Waals surface area contributed by atoms with Crippen LogP contribution in [0, 0.1) is 11.3 Å². The molecule has 0 bridgehead atoms. The number of carboxylic acids is 1. The Balaban J connectivity index is 1.65. The van der Waals surface area contributed by atoms with Gasteiger partial charge in [-0.05, 0) is 54.9 Å². The molecule has 0 aromatic heterocycles. The molecule has 2 unspecified atom stereocenters. The van der Waals surface area contributed by atoms with Gasteiger partial charge in [0.15, 0.2) is 0 Å². The molecule has 4 rings (SSSR count). The smallest absolute Gasteiger partial charge is 0.322 e. The molecule has 8 nitrogen and oxygen atoms in total. The zero-order valence-electron chi connectivity index (χ0n) is 18.9. The number of nitrogens with zero attached hydrogens (tertiary/aromatic N) is 2. The Bertz CT molecular complexity index is 963. The van der Waals surface area contributed by atoms with Crippen LogP contribution in [-0.2, 0) is 32.1 Å². The number of nitriles is 1. The van der Waals surface area contributed by atoms with E-state index in [1.807, 2.05) is 13.8 Å². The van der Waals surface area contributed by atoms with Crippen molar-refractivity contribution >= 4 is 11.9 Å². The van der Waals surface area contributed by atoms with Crippen molar-refractivity contribution in [3.05, 3.63) is 33.9 Å². The van der Waals surface area contributed by atoms with Gasteiger partial charge in [-0.2, -0.15) is 5.26 Å². The molecule has 2 atom stereocenters. The molecular weight excluding hydrogens is 410 g/mol. The molecule has 0 spiro atoms. The lowest BCUT2D eigenvalue weighted by atomic mass is 9.81. The Morgan fingerprint density at radius 1 is 1.41 bits per heavy atom. The van der Waals surface area contributed by atoms with Crippen LogP contribution in [0.25, 0.3) is 0 Å². The molecule has 2 N–H and O–H groups in total. The van der Waals surface area contributed by atoms with E-state index in [0.29, 0.717) is 37.6 Å². The molecule has 1 saturated carbocycles. The second kappa shape index (κ2) is 8.81. The van der Waals surface area contributed by atoms with Crippen LogP contribution in [0.5, 0.6) is 0 Å². The summed E-state index contributed by atoms with van der Waals surface area (Å²) < 4.78 is 11.8. The van der Waals surface area contributed by atoms with Crippen molar-refractivity contribution < 1.29 is 24.2 Å². The minimum Gasteiger partial charge on any atom is -0.480 e. The number of carboxylic acid groups (broad SMARTS) is 1. The van der Waals surface area contributed by atoms with E-state index < -0.39 is 18.1 Å². The maximum absolute atomic E-state index is 13.1. The van der Waals surface area contributed by atoms with Gasteiger partial charge in [0.2, 0.25) is 5.91 Å².